The molecular weight excluding hydrogens is 211 g/mol. The topological polar surface area (TPSA) is 74.7 Å². The minimum Gasteiger partial charge on any atom is -0.409 e. The molecule has 0 saturated heterocycles. The van der Waals surface area contributed by atoms with E-state index in [0.29, 0.717) is 6.54 Å². The molecule has 1 aromatic rings. The molecule has 6 heteroatoms. The number of anilines is 1. The van der Waals surface area contributed by atoms with Crippen LogP contribution in [-0.4, -0.2) is 29.6 Å². The maximum atomic E-state index is 13.4. The lowest BCUT2D eigenvalue weighted by Crippen LogP contribution is -2.33. The molecule has 5 nitrogen and oxygen atoms in total. The second kappa shape index (κ2) is 5.29. The van der Waals surface area contributed by atoms with Gasteiger partial charge >= 0.3 is 0 Å². The fraction of sp³-hybridized carbons (Fsp3) is 0.400. The zero-order valence-corrected chi connectivity index (χ0v) is 9.26. The molecule has 0 aliphatic rings. The maximum absolute atomic E-state index is 13.4. The van der Waals surface area contributed by atoms with Crippen molar-refractivity contribution in [1.82, 2.24) is 4.98 Å². The first-order valence-electron chi connectivity index (χ1n) is 4.85. The van der Waals surface area contributed by atoms with Crippen LogP contribution in [0.2, 0.25) is 0 Å². The summed E-state index contributed by atoms with van der Waals surface area (Å²) in [6.07, 6.45) is 1.52. The predicted octanol–water partition coefficient (Wildman–Crippen LogP) is 1.04. The van der Waals surface area contributed by atoms with Crippen LogP contribution < -0.4 is 10.6 Å². The van der Waals surface area contributed by atoms with Gasteiger partial charge in [0.1, 0.15) is 5.84 Å². The normalized spacial score (nSPS) is 13.6. The lowest BCUT2D eigenvalue weighted by Gasteiger charge is -2.21. The van der Waals surface area contributed by atoms with Crippen LogP contribution in [0.25, 0.3) is 0 Å². The largest absolute Gasteiger partial charge is 0.409 e. The number of aromatic nitrogens is 1. The third-order valence-corrected chi connectivity index (χ3v) is 2.27. The zero-order chi connectivity index (χ0) is 12.1. The molecule has 0 fully saturated rings. The highest BCUT2D eigenvalue weighted by atomic mass is 19.1. The highest BCUT2D eigenvalue weighted by Gasteiger charge is 2.14. The molecule has 0 radical (unpaired) electrons. The van der Waals surface area contributed by atoms with Crippen molar-refractivity contribution in [3.8, 4) is 0 Å². The average molecular weight is 226 g/mol. The van der Waals surface area contributed by atoms with Crippen molar-refractivity contribution in [2.45, 2.75) is 6.92 Å². The second-order valence-corrected chi connectivity index (χ2v) is 3.62. The molecule has 3 N–H and O–H groups in total. The van der Waals surface area contributed by atoms with Gasteiger partial charge in [0, 0.05) is 25.7 Å². The number of nitrogens with zero attached hydrogens (tertiary/aromatic N) is 3. The molecule has 1 aromatic heterocycles. The Morgan fingerprint density at radius 3 is 3.00 bits per heavy atom. The number of oxime groups is 1. The molecular formula is C10H15FN4O. The first kappa shape index (κ1) is 12.2. The lowest BCUT2D eigenvalue weighted by molar-refractivity contribution is 0.314. The Balaban J connectivity index is 2.73. The van der Waals surface area contributed by atoms with Crippen molar-refractivity contribution in [2.24, 2.45) is 16.8 Å². The van der Waals surface area contributed by atoms with Gasteiger partial charge in [-0.05, 0) is 12.1 Å². The molecule has 0 bridgehead atoms. The van der Waals surface area contributed by atoms with E-state index in [-0.39, 0.29) is 17.6 Å². The first-order chi connectivity index (χ1) is 7.56. The Hall–Kier alpha value is -1.85. The Kier molecular flexibility index (Phi) is 4.04. The minimum atomic E-state index is -0.392. The van der Waals surface area contributed by atoms with Crippen LogP contribution in [-0.2, 0) is 0 Å². The van der Waals surface area contributed by atoms with Gasteiger partial charge in [-0.15, -0.1) is 0 Å². The molecule has 1 unspecified atom stereocenters. The average Bonchev–Trinajstić information content (AvgIpc) is 2.28. The highest BCUT2D eigenvalue weighted by molar-refractivity contribution is 5.82. The van der Waals surface area contributed by atoms with Crippen LogP contribution in [0.3, 0.4) is 0 Å². The number of pyridine rings is 1. The van der Waals surface area contributed by atoms with Crippen LogP contribution in [0.1, 0.15) is 6.92 Å². The number of amidine groups is 1. The fourth-order valence-corrected chi connectivity index (χ4v) is 1.35. The van der Waals surface area contributed by atoms with Crippen molar-refractivity contribution in [2.75, 3.05) is 18.5 Å². The Morgan fingerprint density at radius 2 is 2.44 bits per heavy atom. The van der Waals surface area contributed by atoms with Gasteiger partial charge in [0.15, 0.2) is 11.6 Å². The summed E-state index contributed by atoms with van der Waals surface area (Å²) < 4.78 is 13.4. The predicted molar refractivity (Wildman–Crippen MR) is 60.0 cm³/mol. The molecule has 0 spiro atoms. The fourth-order valence-electron chi connectivity index (χ4n) is 1.35. The summed E-state index contributed by atoms with van der Waals surface area (Å²) in [5.74, 6) is -0.212. The van der Waals surface area contributed by atoms with E-state index in [9.17, 15) is 4.39 Å². The number of rotatable bonds is 4. The van der Waals surface area contributed by atoms with Crippen molar-refractivity contribution in [3.05, 3.63) is 24.1 Å². The second-order valence-electron chi connectivity index (χ2n) is 3.62. The zero-order valence-electron chi connectivity index (χ0n) is 9.26. The number of nitrogens with two attached hydrogens (primary N) is 1. The van der Waals surface area contributed by atoms with Crippen LogP contribution in [0.15, 0.2) is 23.5 Å². The summed E-state index contributed by atoms with van der Waals surface area (Å²) in [5.41, 5.74) is 5.44. The number of halogens is 1. The Labute approximate surface area is 93.4 Å². The molecule has 0 aliphatic carbocycles. The van der Waals surface area contributed by atoms with Gasteiger partial charge in [0.05, 0.1) is 0 Å². The van der Waals surface area contributed by atoms with Crippen LogP contribution in [0, 0.1) is 11.7 Å². The van der Waals surface area contributed by atoms with E-state index >= 15 is 0 Å². The summed E-state index contributed by atoms with van der Waals surface area (Å²) in [6.45, 7) is 2.20. The molecule has 1 heterocycles. The minimum absolute atomic E-state index is 0.114. The highest BCUT2D eigenvalue weighted by Crippen LogP contribution is 2.14. The van der Waals surface area contributed by atoms with E-state index in [4.69, 9.17) is 10.9 Å². The summed E-state index contributed by atoms with van der Waals surface area (Å²) in [6, 6.07) is 2.87. The SMILES string of the molecule is CC(CN(C)c1ncccc1F)C(N)=NO. The van der Waals surface area contributed by atoms with Gasteiger partial charge in [0.2, 0.25) is 0 Å². The van der Waals surface area contributed by atoms with E-state index in [1.807, 2.05) is 0 Å². The van der Waals surface area contributed by atoms with Gasteiger partial charge < -0.3 is 15.8 Å². The Morgan fingerprint density at radius 1 is 1.75 bits per heavy atom. The third-order valence-electron chi connectivity index (χ3n) is 2.27. The molecule has 16 heavy (non-hydrogen) atoms. The van der Waals surface area contributed by atoms with E-state index in [1.54, 1.807) is 18.9 Å². The van der Waals surface area contributed by atoms with E-state index in [1.165, 1.54) is 18.3 Å². The molecule has 1 atom stereocenters. The quantitative estimate of drug-likeness (QED) is 0.348. The molecule has 0 saturated carbocycles. The van der Waals surface area contributed by atoms with Crippen LogP contribution >= 0.6 is 0 Å². The van der Waals surface area contributed by atoms with Crippen LogP contribution in [0.5, 0.6) is 0 Å². The van der Waals surface area contributed by atoms with Crippen molar-refractivity contribution < 1.29 is 9.60 Å². The van der Waals surface area contributed by atoms with Gasteiger partial charge in [-0.25, -0.2) is 9.37 Å². The summed E-state index contributed by atoms with van der Waals surface area (Å²) in [7, 11) is 1.70. The molecule has 0 aromatic carbocycles. The van der Waals surface area contributed by atoms with Crippen molar-refractivity contribution >= 4 is 11.7 Å². The number of hydrogen-bond acceptors (Lipinski definition) is 4. The van der Waals surface area contributed by atoms with Gasteiger partial charge in [-0.1, -0.05) is 12.1 Å². The molecule has 0 aliphatic heterocycles. The summed E-state index contributed by atoms with van der Waals surface area (Å²) in [5, 5.41) is 11.4. The van der Waals surface area contributed by atoms with E-state index < -0.39 is 5.82 Å². The summed E-state index contributed by atoms with van der Waals surface area (Å²) in [4.78, 5) is 5.55. The van der Waals surface area contributed by atoms with Gasteiger partial charge in [-0.2, -0.15) is 0 Å². The van der Waals surface area contributed by atoms with Gasteiger partial charge in [0.25, 0.3) is 0 Å². The van der Waals surface area contributed by atoms with E-state index in [2.05, 4.69) is 10.1 Å². The van der Waals surface area contributed by atoms with Crippen LogP contribution in [0.4, 0.5) is 10.2 Å². The summed E-state index contributed by atoms with van der Waals surface area (Å²) >= 11 is 0. The Bertz CT molecular complexity index is 383. The number of hydrogen-bond donors (Lipinski definition) is 2. The smallest absolute Gasteiger partial charge is 0.165 e. The van der Waals surface area contributed by atoms with E-state index in [0.717, 1.165) is 0 Å². The van der Waals surface area contributed by atoms with Gasteiger partial charge in [-0.3, -0.25) is 0 Å². The standard InChI is InChI=1S/C10H15FN4O/c1-7(9(12)14-16)6-15(2)10-8(11)4-3-5-13-10/h3-5,7,16H,6H2,1-2H3,(H2,12,14). The van der Waals surface area contributed by atoms with Crippen molar-refractivity contribution in [1.29, 1.82) is 0 Å². The molecule has 0 amide bonds. The monoisotopic (exact) mass is 226 g/mol. The third kappa shape index (κ3) is 2.82. The van der Waals surface area contributed by atoms with Crippen molar-refractivity contribution in [3.63, 3.8) is 0 Å². The molecule has 1 rings (SSSR count). The maximum Gasteiger partial charge on any atom is 0.165 e. The first-order valence-corrected chi connectivity index (χ1v) is 4.85. The molecule has 88 valence electrons. The lowest BCUT2D eigenvalue weighted by atomic mass is 10.1.